The first-order chi connectivity index (χ1) is 12.7. The van der Waals surface area contributed by atoms with E-state index in [2.05, 4.69) is 0 Å². The zero-order chi connectivity index (χ0) is 19.6. The first-order valence-electron chi connectivity index (χ1n) is 9.11. The van der Waals surface area contributed by atoms with Crippen LogP contribution in [0.15, 0.2) is 42.5 Å². The van der Waals surface area contributed by atoms with E-state index >= 15 is 0 Å². The molecule has 27 heavy (non-hydrogen) atoms. The van der Waals surface area contributed by atoms with Crippen LogP contribution >= 0.6 is 0 Å². The minimum Gasteiger partial charge on any atom is -0.444 e. The topological polar surface area (TPSA) is 85.5 Å². The predicted octanol–water partition coefficient (Wildman–Crippen LogP) is 3.92. The maximum atomic E-state index is 12.5. The first-order valence-corrected chi connectivity index (χ1v) is 9.11. The zero-order valence-corrected chi connectivity index (χ0v) is 15.9. The fourth-order valence-electron chi connectivity index (χ4n) is 3.24. The molecule has 1 atom stereocenters. The van der Waals surface area contributed by atoms with Crippen molar-refractivity contribution in [1.29, 1.82) is 0 Å². The standard InChI is InChI=1S/C21H25N3O3/c1-21(2,3)27-20(26)24-12-6-11-18(24)17-10-5-9-16(23-17)14-7-4-8-15(13-14)19(22)25/h4-5,7-10,13,18H,6,11-12H2,1-3H3,(H2,22,25). The Bertz CT molecular complexity index is 858. The number of ether oxygens (including phenoxy) is 1. The Kier molecular flexibility index (Phi) is 5.17. The number of pyridine rings is 1. The van der Waals surface area contributed by atoms with E-state index < -0.39 is 11.5 Å². The molecule has 2 N–H and O–H groups in total. The Morgan fingerprint density at radius 3 is 2.63 bits per heavy atom. The van der Waals surface area contributed by atoms with Crippen LogP contribution in [0.1, 0.15) is 55.7 Å². The highest BCUT2D eigenvalue weighted by Crippen LogP contribution is 2.33. The maximum Gasteiger partial charge on any atom is 0.410 e. The summed E-state index contributed by atoms with van der Waals surface area (Å²) in [5, 5.41) is 0. The van der Waals surface area contributed by atoms with Crippen molar-refractivity contribution in [3.8, 4) is 11.3 Å². The van der Waals surface area contributed by atoms with Gasteiger partial charge in [-0.15, -0.1) is 0 Å². The van der Waals surface area contributed by atoms with E-state index in [0.29, 0.717) is 12.1 Å². The molecule has 0 spiro atoms. The summed E-state index contributed by atoms with van der Waals surface area (Å²) in [4.78, 5) is 30.5. The molecule has 0 radical (unpaired) electrons. The first kappa shape index (κ1) is 18.9. The van der Waals surface area contributed by atoms with Crippen LogP contribution in [0.25, 0.3) is 11.3 Å². The SMILES string of the molecule is CC(C)(C)OC(=O)N1CCCC1c1cccc(-c2cccc(C(N)=O)c2)n1. The summed E-state index contributed by atoms with van der Waals surface area (Å²) in [5.41, 5.74) is 7.66. The van der Waals surface area contributed by atoms with Crippen LogP contribution < -0.4 is 5.73 Å². The minimum absolute atomic E-state index is 0.112. The number of rotatable bonds is 3. The van der Waals surface area contributed by atoms with Gasteiger partial charge in [0.15, 0.2) is 0 Å². The molecule has 1 aliphatic heterocycles. The van der Waals surface area contributed by atoms with E-state index in [1.807, 2.05) is 45.0 Å². The number of hydrogen-bond acceptors (Lipinski definition) is 4. The van der Waals surface area contributed by atoms with Gasteiger partial charge < -0.3 is 10.5 Å². The van der Waals surface area contributed by atoms with E-state index in [4.69, 9.17) is 15.5 Å². The molecule has 0 saturated carbocycles. The van der Waals surface area contributed by atoms with Crippen LogP contribution in [0.5, 0.6) is 0 Å². The maximum absolute atomic E-state index is 12.5. The largest absolute Gasteiger partial charge is 0.444 e. The van der Waals surface area contributed by atoms with Crippen molar-refractivity contribution in [3.05, 3.63) is 53.7 Å². The molecule has 0 aliphatic carbocycles. The minimum atomic E-state index is -0.533. The summed E-state index contributed by atoms with van der Waals surface area (Å²) in [5.74, 6) is -0.472. The lowest BCUT2D eigenvalue weighted by molar-refractivity contribution is 0.0221. The lowest BCUT2D eigenvalue weighted by atomic mass is 10.1. The lowest BCUT2D eigenvalue weighted by Crippen LogP contribution is -2.36. The molecule has 142 valence electrons. The molecule has 6 heteroatoms. The van der Waals surface area contributed by atoms with Crippen molar-refractivity contribution in [2.24, 2.45) is 5.73 Å². The molecule has 6 nitrogen and oxygen atoms in total. The molecule has 1 fully saturated rings. The summed E-state index contributed by atoms with van der Waals surface area (Å²) < 4.78 is 5.54. The number of aromatic nitrogens is 1. The summed E-state index contributed by atoms with van der Waals surface area (Å²) in [6.45, 7) is 6.24. The molecule has 2 aromatic rings. The Labute approximate surface area is 159 Å². The van der Waals surface area contributed by atoms with Gasteiger partial charge in [-0.25, -0.2) is 4.79 Å². The number of nitrogens with zero attached hydrogens (tertiary/aromatic N) is 2. The highest BCUT2D eigenvalue weighted by atomic mass is 16.6. The molecule has 1 aliphatic rings. The summed E-state index contributed by atoms with van der Waals surface area (Å²) in [7, 11) is 0. The second-order valence-corrected chi connectivity index (χ2v) is 7.72. The molecule has 1 saturated heterocycles. The van der Waals surface area contributed by atoms with Gasteiger partial charge in [0.1, 0.15) is 5.60 Å². The quantitative estimate of drug-likeness (QED) is 0.891. The molecule has 2 amide bonds. The van der Waals surface area contributed by atoms with E-state index in [-0.39, 0.29) is 12.1 Å². The van der Waals surface area contributed by atoms with E-state index in [9.17, 15) is 9.59 Å². The molecular weight excluding hydrogens is 342 g/mol. The fourth-order valence-corrected chi connectivity index (χ4v) is 3.24. The van der Waals surface area contributed by atoms with Gasteiger partial charge in [0.05, 0.1) is 17.4 Å². The average Bonchev–Trinajstić information content (AvgIpc) is 3.10. The van der Waals surface area contributed by atoms with Crippen molar-refractivity contribution in [2.75, 3.05) is 6.54 Å². The second kappa shape index (κ2) is 7.39. The van der Waals surface area contributed by atoms with Crippen molar-refractivity contribution in [1.82, 2.24) is 9.88 Å². The number of amides is 2. The normalized spacial score (nSPS) is 17.0. The Hall–Kier alpha value is -2.89. The molecule has 1 aromatic heterocycles. The van der Waals surface area contributed by atoms with Crippen LogP contribution in [0, 0.1) is 0 Å². The fraction of sp³-hybridized carbons (Fsp3) is 0.381. The van der Waals surface area contributed by atoms with Crippen LogP contribution in [0.4, 0.5) is 4.79 Å². The summed E-state index contributed by atoms with van der Waals surface area (Å²) in [6.07, 6.45) is 1.44. The van der Waals surface area contributed by atoms with Gasteiger partial charge in [-0.3, -0.25) is 14.7 Å². The van der Waals surface area contributed by atoms with Gasteiger partial charge in [0.25, 0.3) is 0 Å². The van der Waals surface area contributed by atoms with E-state index in [1.165, 1.54) is 0 Å². The van der Waals surface area contributed by atoms with Crippen LogP contribution in [-0.4, -0.2) is 34.0 Å². The number of carbonyl (C=O) groups is 2. The van der Waals surface area contributed by atoms with Gasteiger partial charge in [-0.1, -0.05) is 18.2 Å². The molecule has 1 aromatic carbocycles. The number of primary amides is 1. The summed E-state index contributed by atoms with van der Waals surface area (Å²) >= 11 is 0. The molecule has 2 heterocycles. The van der Waals surface area contributed by atoms with Crippen LogP contribution in [-0.2, 0) is 4.74 Å². The van der Waals surface area contributed by atoms with Gasteiger partial charge in [0, 0.05) is 17.7 Å². The monoisotopic (exact) mass is 367 g/mol. The average molecular weight is 367 g/mol. The lowest BCUT2D eigenvalue weighted by Gasteiger charge is -2.28. The van der Waals surface area contributed by atoms with Gasteiger partial charge in [-0.2, -0.15) is 0 Å². The Balaban J connectivity index is 1.87. The molecular formula is C21H25N3O3. The number of carbonyl (C=O) groups excluding carboxylic acids is 2. The molecule has 0 bridgehead atoms. The van der Waals surface area contributed by atoms with Crippen molar-refractivity contribution in [2.45, 2.75) is 45.3 Å². The van der Waals surface area contributed by atoms with Gasteiger partial charge >= 0.3 is 6.09 Å². The second-order valence-electron chi connectivity index (χ2n) is 7.72. The molecule has 3 rings (SSSR count). The van der Waals surface area contributed by atoms with Gasteiger partial charge in [-0.05, 0) is 57.9 Å². The van der Waals surface area contributed by atoms with Crippen LogP contribution in [0.2, 0.25) is 0 Å². The highest BCUT2D eigenvalue weighted by molar-refractivity contribution is 5.94. The molecule has 1 unspecified atom stereocenters. The third-order valence-electron chi connectivity index (χ3n) is 4.44. The zero-order valence-electron chi connectivity index (χ0n) is 15.9. The number of likely N-dealkylation sites (tertiary alicyclic amines) is 1. The predicted molar refractivity (Wildman–Crippen MR) is 103 cm³/mol. The van der Waals surface area contributed by atoms with E-state index in [1.54, 1.807) is 23.1 Å². The third-order valence-corrected chi connectivity index (χ3v) is 4.44. The number of benzene rings is 1. The number of hydrogen-bond donors (Lipinski definition) is 1. The smallest absolute Gasteiger partial charge is 0.410 e. The van der Waals surface area contributed by atoms with Crippen LogP contribution in [0.3, 0.4) is 0 Å². The van der Waals surface area contributed by atoms with Crippen molar-refractivity contribution in [3.63, 3.8) is 0 Å². The van der Waals surface area contributed by atoms with E-state index in [0.717, 1.165) is 29.8 Å². The van der Waals surface area contributed by atoms with Crippen molar-refractivity contribution >= 4 is 12.0 Å². The third kappa shape index (κ3) is 4.45. The van der Waals surface area contributed by atoms with Crippen molar-refractivity contribution < 1.29 is 14.3 Å². The van der Waals surface area contributed by atoms with Gasteiger partial charge in [0.2, 0.25) is 5.91 Å². The summed E-state index contributed by atoms with van der Waals surface area (Å²) in [6, 6.07) is 12.7. The Morgan fingerprint density at radius 1 is 1.19 bits per heavy atom. The highest BCUT2D eigenvalue weighted by Gasteiger charge is 2.34. The number of nitrogens with two attached hydrogens (primary N) is 1. The Morgan fingerprint density at radius 2 is 1.93 bits per heavy atom.